The van der Waals surface area contributed by atoms with Crippen LogP contribution in [-0.2, 0) is 4.74 Å². The van der Waals surface area contributed by atoms with Crippen molar-refractivity contribution in [2.45, 2.75) is 13.0 Å². The Labute approximate surface area is 159 Å². The van der Waals surface area contributed by atoms with E-state index in [0.717, 1.165) is 0 Å². The molecule has 1 atom stereocenters. The summed E-state index contributed by atoms with van der Waals surface area (Å²) in [6, 6.07) is 5.42. The van der Waals surface area contributed by atoms with Gasteiger partial charge in [0.25, 0.3) is 5.91 Å². The topological polar surface area (TPSA) is 91.6 Å². The number of thiophene rings is 1. The molecular formula is C17H19N5O4S. The van der Waals surface area contributed by atoms with Gasteiger partial charge in [-0.15, -0.1) is 16.4 Å². The van der Waals surface area contributed by atoms with E-state index in [4.69, 9.17) is 14.3 Å². The molecule has 9 nitrogen and oxygen atoms in total. The number of aromatic nitrogens is 4. The van der Waals surface area contributed by atoms with E-state index >= 15 is 0 Å². The van der Waals surface area contributed by atoms with Gasteiger partial charge >= 0.3 is 0 Å². The summed E-state index contributed by atoms with van der Waals surface area (Å²) in [6.45, 7) is 4.08. The molecule has 4 heterocycles. The fraction of sp³-hybridized carbons (Fsp3) is 0.412. The van der Waals surface area contributed by atoms with E-state index in [1.807, 2.05) is 24.4 Å². The van der Waals surface area contributed by atoms with Crippen LogP contribution in [0.3, 0.4) is 0 Å². The highest BCUT2D eigenvalue weighted by molar-refractivity contribution is 7.12. The summed E-state index contributed by atoms with van der Waals surface area (Å²) in [4.78, 5) is 26.4. The molecule has 27 heavy (non-hydrogen) atoms. The van der Waals surface area contributed by atoms with Gasteiger partial charge in [0.1, 0.15) is 28.9 Å². The summed E-state index contributed by atoms with van der Waals surface area (Å²) in [7, 11) is 0. The fourth-order valence-corrected chi connectivity index (χ4v) is 3.66. The maximum absolute atomic E-state index is 12.8. The van der Waals surface area contributed by atoms with Crippen LogP contribution in [0.4, 0.5) is 0 Å². The summed E-state index contributed by atoms with van der Waals surface area (Å²) >= 11 is 1.39. The molecule has 4 rings (SSSR count). The van der Waals surface area contributed by atoms with Crippen molar-refractivity contribution < 1.29 is 19.1 Å². The molecule has 0 N–H and O–H groups in total. The number of pyridine rings is 1. The van der Waals surface area contributed by atoms with Crippen LogP contribution >= 0.6 is 11.3 Å². The maximum atomic E-state index is 12.8. The molecular weight excluding hydrogens is 370 g/mol. The van der Waals surface area contributed by atoms with Crippen LogP contribution in [0, 0.1) is 0 Å². The first-order valence-electron chi connectivity index (χ1n) is 8.67. The van der Waals surface area contributed by atoms with Crippen LogP contribution in [0.25, 0.3) is 11.2 Å². The third kappa shape index (κ3) is 3.71. The number of morpholine rings is 1. The van der Waals surface area contributed by atoms with Crippen molar-refractivity contribution in [1.82, 2.24) is 25.0 Å². The van der Waals surface area contributed by atoms with Gasteiger partial charge in [0.05, 0.1) is 19.8 Å². The molecule has 1 aliphatic heterocycles. The predicted octanol–water partition coefficient (Wildman–Crippen LogP) is 1.26. The standard InChI is InChI=1S/C17H19N5O4S/c1-2-24-14-5-9-27-15(14)17(23)21-7-8-25-12(10-21)11-26-22-16-13(19-20-22)4-3-6-18-16/h3-6,9,12H,2,7-8,10-11H2,1H3. The van der Waals surface area contributed by atoms with Crippen molar-refractivity contribution in [3.05, 3.63) is 34.7 Å². The second kappa shape index (κ2) is 7.89. The summed E-state index contributed by atoms with van der Waals surface area (Å²) < 4.78 is 11.3. The van der Waals surface area contributed by atoms with Gasteiger partial charge in [0.15, 0.2) is 0 Å². The SMILES string of the molecule is CCOc1ccsc1C(=O)N1CCOC(COn2nnc3cccnc32)C1. The Kier molecular flexibility index (Phi) is 5.16. The highest BCUT2D eigenvalue weighted by atomic mass is 32.1. The van der Waals surface area contributed by atoms with Crippen molar-refractivity contribution in [2.24, 2.45) is 0 Å². The summed E-state index contributed by atoms with van der Waals surface area (Å²) in [5.74, 6) is 0.585. The van der Waals surface area contributed by atoms with Gasteiger partial charge in [-0.2, -0.15) is 0 Å². The second-order valence-electron chi connectivity index (χ2n) is 5.90. The number of ether oxygens (including phenoxy) is 2. The number of hydrogen-bond acceptors (Lipinski definition) is 8. The van der Waals surface area contributed by atoms with Crippen LogP contribution in [0.15, 0.2) is 29.8 Å². The number of nitrogens with zero attached hydrogens (tertiary/aromatic N) is 5. The van der Waals surface area contributed by atoms with E-state index in [-0.39, 0.29) is 18.6 Å². The van der Waals surface area contributed by atoms with Crippen molar-refractivity contribution >= 4 is 28.4 Å². The molecule has 0 bridgehead atoms. The number of carbonyl (C=O) groups excluding carboxylic acids is 1. The first kappa shape index (κ1) is 17.7. The molecule has 10 heteroatoms. The van der Waals surface area contributed by atoms with Gasteiger partial charge in [0.2, 0.25) is 5.65 Å². The summed E-state index contributed by atoms with van der Waals surface area (Å²) in [6.07, 6.45) is 1.39. The Morgan fingerprint density at radius 1 is 1.44 bits per heavy atom. The van der Waals surface area contributed by atoms with Gasteiger partial charge in [-0.05, 0) is 35.7 Å². The van der Waals surface area contributed by atoms with Crippen LogP contribution in [-0.4, -0.2) is 70.0 Å². The first-order chi connectivity index (χ1) is 13.3. The lowest BCUT2D eigenvalue weighted by atomic mass is 10.2. The number of carbonyl (C=O) groups is 1. The Hall–Kier alpha value is -2.72. The quantitative estimate of drug-likeness (QED) is 0.627. The molecule has 1 unspecified atom stereocenters. The number of fused-ring (bicyclic) bond motifs is 1. The lowest BCUT2D eigenvalue weighted by molar-refractivity contribution is -0.0680. The zero-order valence-electron chi connectivity index (χ0n) is 14.8. The molecule has 1 saturated heterocycles. The van der Waals surface area contributed by atoms with Crippen molar-refractivity contribution in [3.8, 4) is 5.75 Å². The highest BCUT2D eigenvalue weighted by Crippen LogP contribution is 2.27. The lowest BCUT2D eigenvalue weighted by Gasteiger charge is -2.32. The van der Waals surface area contributed by atoms with Gasteiger partial charge < -0.3 is 19.2 Å². The number of amides is 1. The van der Waals surface area contributed by atoms with Crippen molar-refractivity contribution in [3.63, 3.8) is 0 Å². The maximum Gasteiger partial charge on any atom is 0.267 e. The molecule has 0 aliphatic carbocycles. The van der Waals surface area contributed by atoms with Gasteiger partial charge in [-0.25, -0.2) is 4.98 Å². The number of rotatable bonds is 6. The minimum atomic E-state index is -0.263. The molecule has 0 radical (unpaired) electrons. The summed E-state index contributed by atoms with van der Waals surface area (Å²) in [5, 5.41) is 9.79. The third-order valence-electron chi connectivity index (χ3n) is 4.11. The van der Waals surface area contributed by atoms with Gasteiger partial charge in [0, 0.05) is 12.7 Å². The van der Waals surface area contributed by atoms with E-state index in [1.165, 1.54) is 16.2 Å². The lowest BCUT2D eigenvalue weighted by Crippen LogP contribution is -2.48. The smallest absolute Gasteiger partial charge is 0.267 e. The molecule has 3 aromatic rings. The molecule has 1 aliphatic rings. The normalized spacial score (nSPS) is 17.2. The van der Waals surface area contributed by atoms with Crippen LogP contribution in [0.1, 0.15) is 16.6 Å². The highest BCUT2D eigenvalue weighted by Gasteiger charge is 2.28. The largest absolute Gasteiger partial charge is 0.492 e. The molecule has 0 aromatic carbocycles. The van der Waals surface area contributed by atoms with E-state index in [0.29, 0.717) is 48.1 Å². The fourth-order valence-electron chi connectivity index (χ4n) is 2.86. The van der Waals surface area contributed by atoms with Crippen LogP contribution in [0.5, 0.6) is 5.75 Å². The molecule has 0 spiro atoms. The molecule has 142 valence electrons. The number of hydrogen-bond donors (Lipinski definition) is 0. The molecule has 0 saturated carbocycles. The van der Waals surface area contributed by atoms with Gasteiger partial charge in [-0.3, -0.25) is 4.79 Å². The van der Waals surface area contributed by atoms with E-state index in [1.54, 1.807) is 17.2 Å². The Morgan fingerprint density at radius 3 is 3.26 bits per heavy atom. The predicted molar refractivity (Wildman–Crippen MR) is 97.9 cm³/mol. The minimum Gasteiger partial charge on any atom is -0.492 e. The van der Waals surface area contributed by atoms with Crippen LogP contribution in [0.2, 0.25) is 0 Å². The minimum absolute atomic E-state index is 0.0466. The molecule has 1 fully saturated rings. The van der Waals surface area contributed by atoms with E-state index in [9.17, 15) is 4.79 Å². The zero-order chi connectivity index (χ0) is 18.6. The average molecular weight is 389 g/mol. The molecule has 3 aromatic heterocycles. The van der Waals surface area contributed by atoms with E-state index < -0.39 is 0 Å². The first-order valence-corrected chi connectivity index (χ1v) is 9.55. The Bertz CT molecular complexity index is 927. The van der Waals surface area contributed by atoms with Crippen molar-refractivity contribution in [2.75, 3.05) is 32.9 Å². The van der Waals surface area contributed by atoms with Gasteiger partial charge in [-0.1, -0.05) is 4.85 Å². The Morgan fingerprint density at radius 2 is 2.37 bits per heavy atom. The van der Waals surface area contributed by atoms with Crippen molar-refractivity contribution in [1.29, 1.82) is 0 Å². The monoisotopic (exact) mass is 389 g/mol. The average Bonchev–Trinajstić information content (AvgIpc) is 3.33. The second-order valence-corrected chi connectivity index (χ2v) is 6.81. The summed E-state index contributed by atoms with van der Waals surface area (Å²) in [5.41, 5.74) is 1.20. The Balaban J connectivity index is 1.39. The van der Waals surface area contributed by atoms with E-state index in [2.05, 4.69) is 15.3 Å². The third-order valence-corrected chi connectivity index (χ3v) is 5.00. The zero-order valence-corrected chi connectivity index (χ0v) is 15.6. The molecule has 1 amide bonds. The van der Waals surface area contributed by atoms with Crippen LogP contribution < -0.4 is 9.57 Å².